The first-order chi connectivity index (χ1) is 35.8. The van der Waals surface area contributed by atoms with E-state index in [1.807, 2.05) is 11.8 Å². The number of rotatable bonds is 9. The van der Waals surface area contributed by atoms with Crippen LogP contribution in [0.4, 0.5) is 0 Å². The number of hydrogen-bond acceptors (Lipinski definition) is 19. The number of thioether (sulfide) groups is 1. The minimum atomic E-state index is -2.73. The van der Waals surface area contributed by atoms with Gasteiger partial charge in [-0.3, -0.25) is 4.21 Å². The summed E-state index contributed by atoms with van der Waals surface area (Å²) in [6.07, 6.45) is 17.1. The lowest BCUT2D eigenvalue weighted by Gasteiger charge is -2.34. The van der Waals surface area contributed by atoms with Crippen molar-refractivity contribution in [3.05, 3.63) is 0 Å². The van der Waals surface area contributed by atoms with Crippen molar-refractivity contribution in [3.63, 3.8) is 0 Å². The van der Waals surface area contributed by atoms with E-state index in [4.69, 9.17) is 71.1 Å². The second-order valence-corrected chi connectivity index (χ2v) is 25.9. The van der Waals surface area contributed by atoms with Gasteiger partial charge in [0.05, 0.1) is 104 Å². The molecule has 0 aliphatic carbocycles. The van der Waals surface area contributed by atoms with Crippen LogP contribution in [0.3, 0.4) is 0 Å². The van der Waals surface area contributed by atoms with Crippen molar-refractivity contribution in [2.45, 2.75) is 190 Å². The average Bonchev–Trinajstić information content (AvgIpc) is 4.31. The zero-order chi connectivity index (χ0) is 56.0. The van der Waals surface area contributed by atoms with E-state index in [1.165, 1.54) is 17.9 Å². The van der Waals surface area contributed by atoms with Crippen LogP contribution in [-0.2, 0) is 91.7 Å². The first-order valence-electron chi connectivity index (χ1n) is 27.3. The van der Waals surface area contributed by atoms with Crippen LogP contribution in [0.1, 0.15) is 118 Å². The second kappa shape index (κ2) is 43.6. The predicted molar refractivity (Wildman–Crippen MR) is 299 cm³/mol. The number of ether oxygens (including phenoxy) is 15. The third-order valence-electron chi connectivity index (χ3n) is 13.8. The Labute approximate surface area is 462 Å². The molecule has 0 saturated carbocycles. The van der Waals surface area contributed by atoms with Gasteiger partial charge in [0.1, 0.15) is 0 Å². The van der Waals surface area contributed by atoms with Crippen LogP contribution in [0, 0.1) is 0 Å². The molecule has 9 fully saturated rings. The predicted octanol–water partition coefficient (Wildman–Crippen LogP) is 7.15. The van der Waals surface area contributed by atoms with Crippen molar-refractivity contribution in [1.29, 1.82) is 0 Å². The van der Waals surface area contributed by atoms with Gasteiger partial charge in [0.25, 0.3) is 0 Å². The Kier molecular flexibility index (Phi) is 42.3. The molecule has 9 rings (SSSR count). The van der Waals surface area contributed by atoms with Crippen LogP contribution in [-0.4, -0.2) is 243 Å². The summed E-state index contributed by atoms with van der Waals surface area (Å²) in [7, 11) is 12.2. The molecular formula is C54H108O18S3. The third kappa shape index (κ3) is 37.5. The minimum absolute atomic E-state index is 0.0267. The van der Waals surface area contributed by atoms with E-state index in [1.54, 1.807) is 64.0 Å². The highest BCUT2D eigenvalue weighted by atomic mass is 32.2. The molecule has 0 aromatic heterocycles. The van der Waals surface area contributed by atoms with Gasteiger partial charge in [0.2, 0.25) is 0 Å². The van der Waals surface area contributed by atoms with Crippen molar-refractivity contribution >= 4 is 32.4 Å². The molecule has 10 atom stereocenters. The molecule has 9 aliphatic heterocycles. The Hall–Kier alpha value is -0.150. The molecule has 0 aromatic carbocycles. The highest BCUT2D eigenvalue weighted by Crippen LogP contribution is 2.26. The molecule has 0 bridgehead atoms. The summed E-state index contributed by atoms with van der Waals surface area (Å²) in [6, 6.07) is 0. The Balaban J connectivity index is 0.000000423. The number of methoxy groups -OCH3 is 9. The molecule has 21 heteroatoms. The van der Waals surface area contributed by atoms with Crippen LogP contribution in [0.2, 0.25) is 0 Å². The fourth-order valence-electron chi connectivity index (χ4n) is 8.66. The largest absolute Gasteiger partial charge is 0.381 e. The van der Waals surface area contributed by atoms with Crippen LogP contribution < -0.4 is 0 Å². The van der Waals surface area contributed by atoms with Crippen molar-refractivity contribution in [3.8, 4) is 0 Å². The van der Waals surface area contributed by atoms with Crippen molar-refractivity contribution in [2.75, 3.05) is 158 Å². The quantitative estimate of drug-likeness (QED) is 0.226. The van der Waals surface area contributed by atoms with Gasteiger partial charge in [-0.15, -0.1) is 0 Å². The van der Waals surface area contributed by atoms with Gasteiger partial charge >= 0.3 is 0 Å². The minimum Gasteiger partial charge on any atom is -0.381 e. The van der Waals surface area contributed by atoms with E-state index in [0.29, 0.717) is 61.0 Å². The third-order valence-corrected chi connectivity index (χ3v) is 18.1. The van der Waals surface area contributed by atoms with Crippen LogP contribution in [0.5, 0.6) is 0 Å². The molecule has 0 aromatic rings. The van der Waals surface area contributed by atoms with Gasteiger partial charge in [0.15, 0.2) is 9.84 Å². The zero-order valence-electron chi connectivity index (χ0n) is 49.1. The molecule has 75 heavy (non-hydrogen) atoms. The molecule has 0 amide bonds. The van der Waals surface area contributed by atoms with Gasteiger partial charge < -0.3 is 71.1 Å². The van der Waals surface area contributed by atoms with Crippen molar-refractivity contribution < 1.29 is 83.7 Å². The van der Waals surface area contributed by atoms with Gasteiger partial charge in [-0.05, 0) is 111 Å². The van der Waals surface area contributed by atoms with Crippen LogP contribution in [0.25, 0.3) is 0 Å². The van der Waals surface area contributed by atoms with E-state index in [2.05, 4.69) is 34.6 Å². The molecule has 18 nitrogen and oxygen atoms in total. The Morgan fingerprint density at radius 1 is 0.493 bits per heavy atom. The highest BCUT2D eigenvalue weighted by molar-refractivity contribution is 7.99. The maximum absolute atomic E-state index is 10.7. The second-order valence-electron chi connectivity index (χ2n) is 20.9. The molecule has 0 radical (unpaired) electrons. The van der Waals surface area contributed by atoms with E-state index < -0.39 is 20.6 Å². The fraction of sp³-hybridized carbons (Fsp3) is 1.00. The van der Waals surface area contributed by atoms with Gasteiger partial charge in [-0.2, -0.15) is 11.8 Å². The normalized spacial score (nSPS) is 32.2. The molecule has 450 valence electrons. The smallest absolute Gasteiger partial charge is 0.152 e. The van der Waals surface area contributed by atoms with Gasteiger partial charge in [0, 0.05) is 145 Å². The summed E-state index contributed by atoms with van der Waals surface area (Å²) in [4.78, 5) is 0. The lowest BCUT2D eigenvalue weighted by atomic mass is 9.96. The molecule has 10 unspecified atom stereocenters. The maximum Gasteiger partial charge on any atom is 0.152 e. The van der Waals surface area contributed by atoms with Crippen molar-refractivity contribution in [2.24, 2.45) is 0 Å². The lowest BCUT2D eigenvalue weighted by Crippen LogP contribution is -2.37. The first-order valence-corrected chi connectivity index (χ1v) is 31.8. The zero-order valence-corrected chi connectivity index (χ0v) is 51.6. The van der Waals surface area contributed by atoms with Crippen LogP contribution in [0.15, 0.2) is 0 Å². The first kappa shape index (κ1) is 72.9. The Morgan fingerprint density at radius 3 is 1.33 bits per heavy atom. The van der Waals surface area contributed by atoms with E-state index >= 15 is 0 Å². The summed E-state index contributed by atoms with van der Waals surface area (Å²) in [5, 5.41) is 0. The van der Waals surface area contributed by atoms with E-state index in [0.717, 1.165) is 142 Å². The van der Waals surface area contributed by atoms with Crippen LogP contribution >= 0.6 is 11.8 Å². The fourth-order valence-corrected chi connectivity index (χ4v) is 12.9. The maximum atomic E-state index is 10.7. The highest BCUT2D eigenvalue weighted by Gasteiger charge is 2.32. The standard InChI is InChI=1S/C8H16O2.2C7H14O2.2C6H12O2.C5H10O3S.C5H10O2S.C5H10O2.C5H10OS/c1-8(2)6-7(9-3)4-5-10-8;1-7(2)4-6(8-3)5-9-7;1-6-5-7(8-2)3-4-9-6;1-7-6-2-4-8-5-3-6;1-7-6-3-2-4-8-5-6;1-8-5-2-3-9(6,7)4-5;1-7-5-2-3-8(6)4-5;2*1-6-5-2-3-7-4-5/h7H,4-6H2,1-3H3;6H,4-5H2,1-3H3;6-7H,3-5H2,1-2H3;2*6H,2-5H2,1H3;5H,2-4H2,1H3;5H,2-4H2,1H3;2*5H,2-4H2,1H3. The molecule has 9 aliphatic rings. The topological polar surface area (TPSA) is 190 Å². The summed E-state index contributed by atoms with van der Waals surface area (Å²) < 4.78 is 109. The molecule has 9 heterocycles. The van der Waals surface area contributed by atoms with E-state index in [-0.39, 0.29) is 29.2 Å². The summed E-state index contributed by atoms with van der Waals surface area (Å²) in [5.41, 5.74) is 0.0691. The summed E-state index contributed by atoms with van der Waals surface area (Å²) >= 11 is 1.98. The average molecular weight is 1140 g/mol. The summed E-state index contributed by atoms with van der Waals surface area (Å²) in [6.45, 7) is 18.1. The van der Waals surface area contributed by atoms with E-state index in [9.17, 15) is 12.6 Å². The number of sulfone groups is 1. The summed E-state index contributed by atoms with van der Waals surface area (Å²) in [5.74, 6) is 4.58. The monoisotopic (exact) mass is 1140 g/mol. The Morgan fingerprint density at radius 2 is 1.01 bits per heavy atom. The van der Waals surface area contributed by atoms with Crippen molar-refractivity contribution in [1.82, 2.24) is 0 Å². The Bertz CT molecular complexity index is 1420. The molecule has 9 saturated heterocycles. The number of hydrogen-bond donors (Lipinski definition) is 0. The molecular weight excluding hydrogens is 1030 g/mol. The van der Waals surface area contributed by atoms with Gasteiger partial charge in [-0.1, -0.05) is 0 Å². The lowest BCUT2D eigenvalue weighted by molar-refractivity contribution is -0.106. The molecule has 0 N–H and O–H groups in total. The SMILES string of the molecule is COC1CCCOC1.COC1CCOC(C)(C)C1.COC1CCOC(C)C1.COC1CCOC1.COC1CCOCC1.COC1CCS(=O)(=O)C1.COC1CCS(=O)C1.COC1CCSC1.COC1COC(C)(C)C1. The molecule has 0 spiro atoms. The van der Waals surface area contributed by atoms with Gasteiger partial charge in [-0.25, -0.2) is 8.42 Å².